The lowest BCUT2D eigenvalue weighted by atomic mass is 10.1. The van der Waals surface area contributed by atoms with Gasteiger partial charge in [-0.05, 0) is 38.1 Å². The number of ether oxygens (including phenoxy) is 2. The van der Waals surface area contributed by atoms with Crippen LogP contribution < -0.4 is 15.3 Å². The Hall–Kier alpha value is -3.73. The Labute approximate surface area is 212 Å². The summed E-state index contributed by atoms with van der Waals surface area (Å²) in [6.07, 6.45) is -2.28. The summed E-state index contributed by atoms with van der Waals surface area (Å²) in [6, 6.07) is 9.91. The third kappa shape index (κ3) is 6.94. The molecule has 0 saturated carbocycles. The van der Waals surface area contributed by atoms with E-state index in [9.17, 15) is 19.6 Å². The average Bonchev–Trinajstić information content (AvgIpc) is 3.32. The van der Waals surface area contributed by atoms with Crippen LogP contribution in [0.5, 0.6) is 5.75 Å². The molecule has 3 aromatic rings. The maximum atomic E-state index is 13.6. The van der Waals surface area contributed by atoms with Crippen molar-refractivity contribution in [3.63, 3.8) is 0 Å². The zero-order chi connectivity index (χ0) is 27.0. The third-order valence-corrected chi connectivity index (χ3v) is 6.74. The fourth-order valence-electron chi connectivity index (χ4n) is 3.28. The van der Waals surface area contributed by atoms with E-state index in [0.717, 1.165) is 0 Å². The van der Waals surface area contributed by atoms with E-state index >= 15 is 0 Å². The van der Waals surface area contributed by atoms with Crippen molar-refractivity contribution in [2.24, 2.45) is 0 Å². The van der Waals surface area contributed by atoms with Gasteiger partial charge in [0.25, 0.3) is 6.26 Å². The first-order valence-corrected chi connectivity index (χ1v) is 12.7. The van der Waals surface area contributed by atoms with Gasteiger partial charge in [0.05, 0.1) is 18.9 Å². The SMILES string of the molecule is CCOC(=O)[C@H](C)NP(=O)(OC[C@@H](OC#N)[C@@H](O)[C@@H](O)c1ccc2c(N)ncnn12)Oc1ccccc1. The lowest BCUT2D eigenvalue weighted by molar-refractivity contribution is -0.144. The molecule has 198 valence electrons. The van der Waals surface area contributed by atoms with E-state index < -0.39 is 44.7 Å². The number of esters is 1. The molecule has 2 heterocycles. The highest BCUT2D eigenvalue weighted by Crippen LogP contribution is 2.45. The van der Waals surface area contributed by atoms with Gasteiger partial charge in [-0.1, -0.05) is 18.2 Å². The van der Waals surface area contributed by atoms with E-state index in [1.165, 1.54) is 42.2 Å². The van der Waals surface area contributed by atoms with Crippen LogP contribution in [0.25, 0.3) is 5.52 Å². The van der Waals surface area contributed by atoms with Crippen molar-refractivity contribution >= 4 is 25.1 Å². The summed E-state index contributed by atoms with van der Waals surface area (Å²) in [5, 5.41) is 37.2. The highest BCUT2D eigenvalue weighted by molar-refractivity contribution is 7.52. The number of nitrogens with one attached hydrogen (secondary N) is 1. The molecular weight excluding hydrogens is 507 g/mol. The van der Waals surface area contributed by atoms with Gasteiger partial charge in [0.2, 0.25) is 0 Å². The normalized spacial score (nSPS) is 16.1. The first-order valence-electron chi connectivity index (χ1n) is 11.1. The minimum absolute atomic E-state index is 0.0999. The van der Waals surface area contributed by atoms with Crippen LogP contribution in [0.15, 0.2) is 48.8 Å². The molecule has 0 bridgehead atoms. The lowest BCUT2D eigenvalue weighted by Gasteiger charge is -2.27. The van der Waals surface area contributed by atoms with Crippen LogP contribution in [-0.4, -0.2) is 62.2 Å². The second-order valence-electron chi connectivity index (χ2n) is 7.68. The number of fused-ring (bicyclic) bond motifs is 1. The number of anilines is 1. The summed E-state index contributed by atoms with van der Waals surface area (Å²) in [5.41, 5.74) is 6.31. The quantitative estimate of drug-likeness (QED) is 0.139. The van der Waals surface area contributed by atoms with Crippen LogP contribution in [0.2, 0.25) is 0 Å². The number of para-hydroxylation sites is 1. The number of rotatable bonds is 13. The first-order chi connectivity index (χ1) is 17.7. The van der Waals surface area contributed by atoms with Gasteiger partial charge in [-0.15, -0.1) is 0 Å². The Balaban J connectivity index is 1.80. The Morgan fingerprint density at radius 3 is 2.68 bits per heavy atom. The van der Waals surface area contributed by atoms with E-state index in [1.807, 2.05) is 0 Å². The largest absolute Gasteiger partial charge is 0.465 e. The Morgan fingerprint density at radius 1 is 1.27 bits per heavy atom. The van der Waals surface area contributed by atoms with Crippen molar-refractivity contribution in [3.8, 4) is 12.0 Å². The lowest BCUT2D eigenvalue weighted by Crippen LogP contribution is -2.39. The number of nitrogens with zero attached hydrogens (tertiary/aromatic N) is 4. The number of carbonyl (C=O) groups excluding carboxylic acids is 1. The predicted octanol–water partition coefficient (Wildman–Crippen LogP) is 1.32. The summed E-state index contributed by atoms with van der Waals surface area (Å²) in [4.78, 5) is 16.0. The molecule has 0 aliphatic heterocycles. The molecule has 2 aromatic heterocycles. The maximum Gasteiger partial charge on any atom is 0.459 e. The number of nitriles is 1. The van der Waals surface area contributed by atoms with Crippen LogP contribution >= 0.6 is 7.75 Å². The van der Waals surface area contributed by atoms with Crippen LogP contribution in [0.1, 0.15) is 25.6 Å². The van der Waals surface area contributed by atoms with Gasteiger partial charge in [-0.2, -0.15) is 15.4 Å². The number of benzene rings is 1. The second-order valence-corrected chi connectivity index (χ2v) is 9.38. The minimum Gasteiger partial charge on any atom is -0.465 e. The standard InChI is InChI=1S/C22H27N6O8P/c1-3-33-22(31)14(2)27-37(32,36-15-7-5-4-6-8-15)35-11-18(34-12-23)20(30)19(29)16-9-10-17-21(24)25-13-26-28(16)17/h4-10,13-14,18-20,29-30H,3,11H2,1-2H3,(H,27,32)(H2,24,25,26)/t14-,18+,19-,20+,37?/m0/s1. The molecule has 0 radical (unpaired) electrons. The Bertz CT molecular complexity index is 1280. The predicted molar refractivity (Wildman–Crippen MR) is 129 cm³/mol. The number of hydrogen-bond acceptors (Lipinski definition) is 12. The number of nitrogens with two attached hydrogens (primary N) is 1. The highest BCUT2D eigenvalue weighted by atomic mass is 31.2. The van der Waals surface area contributed by atoms with Gasteiger partial charge in [0.1, 0.15) is 35.8 Å². The molecule has 0 spiro atoms. The molecule has 1 unspecified atom stereocenters. The highest BCUT2D eigenvalue weighted by Gasteiger charge is 2.37. The average molecular weight is 534 g/mol. The van der Waals surface area contributed by atoms with E-state index in [4.69, 9.17) is 29.5 Å². The molecule has 5 N–H and O–H groups in total. The molecule has 1 aromatic carbocycles. The molecule has 14 nitrogen and oxygen atoms in total. The zero-order valence-electron chi connectivity index (χ0n) is 20.0. The molecule has 37 heavy (non-hydrogen) atoms. The van der Waals surface area contributed by atoms with Crippen molar-refractivity contribution in [2.75, 3.05) is 18.9 Å². The molecule has 15 heteroatoms. The van der Waals surface area contributed by atoms with Crippen molar-refractivity contribution in [1.29, 1.82) is 5.26 Å². The van der Waals surface area contributed by atoms with Gasteiger partial charge < -0.3 is 29.9 Å². The number of nitrogen functional groups attached to an aromatic ring is 1. The molecule has 0 aliphatic rings. The molecule has 0 fully saturated rings. The van der Waals surface area contributed by atoms with Crippen molar-refractivity contribution < 1.29 is 38.1 Å². The smallest absolute Gasteiger partial charge is 0.459 e. The summed E-state index contributed by atoms with van der Waals surface area (Å²) < 4.78 is 35.6. The van der Waals surface area contributed by atoms with E-state index in [-0.39, 0.29) is 23.9 Å². The topological polar surface area (TPSA) is 204 Å². The van der Waals surface area contributed by atoms with Gasteiger partial charge in [0.15, 0.2) is 11.9 Å². The van der Waals surface area contributed by atoms with Crippen molar-refractivity contribution in [3.05, 3.63) is 54.5 Å². The molecule has 3 rings (SSSR count). The number of carbonyl (C=O) groups is 1. The number of aliphatic hydroxyl groups is 2. The van der Waals surface area contributed by atoms with E-state index in [1.54, 1.807) is 31.2 Å². The molecular formula is C22H27N6O8P. The Morgan fingerprint density at radius 2 is 2.00 bits per heavy atom. The Kier molecular flexibility index (Phi) is 9.40. The minimum atomic E-state index is -4.30. The number of aromatic nitrogens is 3. The van der Waals surface area contributed by atoms with Crippen LogP contribution in [-0.2, 0) is 23.4 Å². The van der Waals surface area contributed by atoms with Crippen LogP contribution in [0.4, 0.5) is 5.82 Å². The molecule has 0 saturated heterocycles. The molecule has 5 atom stereocenters. The molecule has 0 amide bonds. The summed E-state index contributed by atoms with van der Waals surface area (Å²) >= 11 is 0. The van der Waals surface area contributed by atoms with Gasteiger partial charge in [0, 0.05) is 0 Å². The summed E-state index contributed by atoms with van der Waals surface area (Å²) in [5.74, 6) is -0.397. The van der Waals surface area contributed by atoms with E-state index in [0.29, 0.717) is 5.52 Å². The van der Waals surface area contributed by atoms with E-state index in [2.05, 4.69) is 15.2 Å². The van der Waals surface area contributed by atoms with Gasteiger partial charge in [-0.25, -0.2) is 14.1 Å². The molecule has 0 aliphatic carbocycles. The van der Waals surface area contributed by atoms with Crippen LogP contribution in [0.3, 0.4) is 0 Å². The fourth-order valence-corrected chi connectivity index (χ4v) is 4.79. The van der Waals surface area contributed by atoms with Crippen molar-refractivity contribution in [1.82, 2.24) is 19.7 Å². The summed E-state index contributed by atoms with van der Waals surface area (Å²) in [7, 11) is -4.30. The maximum absolute atomic E-state index is 13.6. The summed E-state index contributed by atoms with van der Waals surface area (Å²) in [6.45, 7) is 2.43. The monoisotopic (exact) mass is 534 g/mol. The first kappa shape index (κ1) is 27.9. The second kappa shape index (κ2) is 12.5. The van der Waals surface area contributed by atoms with Crippen molar-refractivity contribution in [2.45, 2.75) is 38.2 Å². The number of aliphatic hydroxyl groups excluding tert-OH is 2. The van der Waals surface area contributed by atoms with Gasteiger partial charge >= 0.3 is 13.7 Å². The zero-order valence-corrected chi connectivity index (χ0v) is 20.9. The fraction of sp³-hybridized carbons (Fsp3) is 0.364. The van der Waals surface area contributed by atoms with Crippen LogP contribution in [0, 0.1) is 11.5 Å². The number of hydrogen-bond donors (Lipinski definition) is 4. The van der Waals surface area contributed by atoms with Gasteiger partial charge in [-0.3, -0.25) is 9.32 Å². The third-order valence-electron chi connectivity index (χ3n) is 5.09.